The Hall–Kier alpha value is -3.47. The summed E-state index contributed by atoms with van der Waals surface area (Å²) in [6.07, 6.45) is 4.16. The standard InChI is InChI=1S/C23H18Cl2N4O5S/c1-34-11-3-4-13-14(5-11)22(29-28-20(13)8-15-18(24)9-27-10-19(15)25)16-6-12(35(2,32)33)7-17(21(16)26)23(30)31/h3-7,9-10H,8,26H2,1-2H3,(H,30,31). The Morgan fingerprint density at radius 2 is 1.77 bits per heavy atom. The van der Waals surface area contributed by atoms with Gasteiger partial charge in [0.05, 0.1) is 39.0 Å². The van der Waals surface area contributed by atoms with Crippen LogP contribution in [0.5, 0.6) is 5.75 Å². The SMILES string of the molecule is COc1ccc2c(Cc3c(Cl)cncc3Cl)nnc(-c3cc(S(C)(=O)=O)cc(C(=O)O)c3N)c2c1. The van der Waals surface area contributed by atoms with Gasteiger partial charge in [-0.05, 0) is 35.9 Å². The number of fused-ring (bicyclic) bond motifs is 1. The largest absolute Gasteiger partial charge is 0.497 e. The molecule has 35 heavy (non-hydrogen) atoms. The van der Waals surface area contributed by atoms with Crippen LogP contribution in [0.1, 0.15) is 21.6 Å². The highest BCUT2D eigenvalue weighted by Crippen LogP contribution is 2.37. The zero-order valence-electron chi connectivity index (χ0n) is 18.4. The topological polar surface area (TPSA) is 145 Å². The number of carboxylic acid groups (broad SMARTS) is 1. The summed E-state index contributed by atoms with van der Waals surface area (Å²) in [5, 5.41) is 20.2. The van der Waals surface area contributed by atoms with E-state index in [-0.39, 0.29) is 33.8 Å². The fourth-order valence-corrected chi connectivity index (χ4v) is 4.80. The molecule has 2 aromatic carbocycles. The van der Waals surface area contributed by atoms with Gasteiger partial charge in [-0.3, -0.25) is 4.98 Å². The number of aromatic nitrogens is 3. The van der Waals surface area contributed by atoms with Gasteiger partial charge in [-0.1, -0.05) is 23.2 Å². The van der Waals surface area contributed by atoms with E-state index in [2.05, 4.69) is 15.2 Å². The number of halogens is 2. The summed E-state index contributed by atoms with van der Waals surface area (Å²) in [5.74, 6) is -0.878. The monoisotopic (exact) mass is 532 g/mol. The maximum absolute atomic E-state index is 12.3. The second-order valence-electron chi connectivity index (χ2n) is 7.67. The van der Waals surface area contributed by atoms with Crippen molar-refractivity contribution in [2.24, 2.45) is 0 Å². The number of hydrogen-bond acceptors (Lipinski definition) is 8. The fourth-order valence-electron chi connectivity index (χ4n) is 3.63. The number of pyridine rings is 1. The number of benzene rings is 2. The first kappa shape index (κ1) is 24.6. The molecule has 9 nitrogen and oxygen atoms in total. The number of rotatable bonds is 6. The van der Waals surface area contributed by atoms with Crippen molar-refractivity contribution >= 4 is 55.5 Å². The number of nitrogen functional groups attached to an aromatic ring is 1. The predicted molar refractivity (Wildman–Crippen MR) is 133 cm³/mol. The summed E-state index contributed by atoms with van der Waals surface area (Å²) in [6.45, 7) is 0. The van der Waals surface area contributed by atoms with E-state index in [9.17, 15) is 18.3 Å². The molecule has 0 atom stereocenters. The summed E-state index contributed by atoms with van der Waals surface area (Å²) in [6, 6.07) is 7.49. The Morgan fingerprint density at radius 3 is 2.37 bits per heavy atom. The molecule has 0 unspecified atom stereocenters. The molecule has 4 aromatic rings. The number of ether oxygens (including phenoxy) is 1. The van der Waals surface area contributed by atoms with Crippen LogP contribution in [0.4, 0.5) is 5.69 Å². The second-order valence-corrected chi connectivity index (χ2v) is 10.5. The zero-order chi connectivity index (χ0) is 25.5. The Balaban J connectivity index is 2.02. The Bertz CT molecular complexity index is 1590. The van der Waals surface area contributed by atoms with Crippen LogP contribution in [-0.4, -0.2) is 48.0 Å². The molecule has 180 valence electrons. The van der Waals surface area contributed by atoms with E-state index in [1.165, 1.54) is 25.6 Å². The van der Waals surface area contributed by atoms with Crippen molar-refractivity contribution < 1.29 is 23.1 Å². The van der Waals surface area contributed by atoms with Crippen LogP contribution in [-0.2, 0) is 16.3 Å². The van der Waals surface area contributed by atoms with E-state index < -0.39 is 15.8 Å². The van der Waals surface area contributed by atoms with E-state index in [1.807, 2.05) is 0 Å². The summed E-state index contributed by atoms with van der Waals surface area (Å²) >= 11 is 12.6. The van der Waals surface area contributed by atoms with Crippen molar-refractivity contribution in [1.82, 2.24) is 15.2 Å². The number of aromatic carboxylic acids is 1. The summed E-state index contributed by atoms with van der Waals surface area (Å²) in [4.78, 5) is 15.6. The van der Waals surface area contributed by atoms with Crippen molar-refractivity contribution in [1.29, 1.82) is 0 Å². The maximum atomic E-state index is 12.3. The lowest BCUT2D eigenvalue weighted by Gasteiger charge is -2.15. The molecule has 0 aliphatic heterocycles. The van der Waals surface area contributed by atoms with Crippen molar-refractivity contribution in [2.45, 2.75) is 11.3 Å². The fraction of sp³-hybridized carbons (Fsp3) is 0.130. The van der Waals surface area contributed by atoms with Crippen LogP contribution in [0.2, 0.25) is 10.0 Å². The number of sulfone groups is 1. The molecule has 0 radical (unpaired) electrons. The number of hydrogen-bond donors (Lipinski definition) is 2. The second kappa shape index (κ2) is 9.29. The zero-order valence-corrected chi connectivity index (χ0v) is 20.7. The molecule has 12 heteroatoms. The van der Waals surface area contributed by atoms with Gasteiger partial charge >= 0.3 is 5.97 Å². The summed E-state index contributed by atoms with van der Waals surface area (Å²) in [5.41, 5.74) is 7.11. The number of nitrogens with two attached hydrogens (primary N) is 1. The molecule has 0 aliphatic rings. The van der Waals surface area contributed by atoms with Crippen LogP contribution in [0.25, 0.3) is 22.0 Å². The molecule has 2 heterocycles. The van der Waals surface area contributed by atoms with E-state index >= 15 is 0 Å². The number of methoxy groups -OCH3 is 1. The van der Waals surface area contributed by atoms with Gasteiger partial charge in [0, 0.05) is 41.4 Å². The van der Waals surface area contributed by atoms with Gasteiger partial charge in [-0.25, -0.2) is 13.2 Å². The lowest BCUT2D eigenvalue weighted by molar-refractivity contribution is 0.0698. The van der Waals surface area contributed by atoms with Gasteiger partial charge in [-0.15, -0.1) is 5.10 Å². The summed E-state index contributed by atoms with van der Waals surface area (Å²) in [7, 11) is -2.26. The van der Waals surface area contributed by atoms with Crippen molar-refractivity contribution in [3.05, 3.63) is 69.6 Å². The van der Waals surface area contributed by atoms with E-state index in [1.54, 1.807) is 18.2 Å². The Kier molecular flexibility index (Phi) is 6.54. The number of nitrogens with zero attached hydrogens (tertiary/aromatic N) is 3. The number of carbonyl (C=O) groups is 1. The third kappa shape index (κ3) is 4.72. The van der Waals surface area contributed by atoms with Crippen LogP contribution in [0, 0.1) is 0 Å². The molecule has 0 saturated carbocycles. The lowest BCUT2D eigenvalue weighted by atomic mass is 9.98. The van der Waals surface area contributed by atoms with Gasteiger partial charge in [0.15, 0.2) is 9.84 Å². The van der Waals surface area contributed by atoms with Crippen LogP contribution in [0.3, 0.4) is 0 Å². The molecule has 0 bridgehead atoms. The average Bonchev–Trinajstić information content (AvgIpc) is 2.80. The Morgan fingerprint density at radius 1 is 1.09 bits per heavy atom. The lowest BCUT2D eigenvalue weighted by Crippen LogP contribution is -2.09. The number of anilines is 1. The molecular formula is C23H18Cl2N4O5S. The minimum atomic E-state index is -3.76. The van der Waals surface area contributed by atoms with Gasteiger partial charge in [0.25, 0.3) is 0 Å². The van der Waals surface area contributed by atoms with Crippen molar-refractivity contribution in [2.75, 3.05) is 19.1 Å². The third-order valence-corrected chi connectivity index (χ3v) is 7.17. The third-order valence-electron chi connectivity index (χ3n) is 5.43. The molecule has 3 N–H and O–H groups in total. The molecule has 4 rings (SSSR count). The van der Waals surface area contributed by atoms with Gasteiger partial charge in [0.1, 0.15) is 11.4 Å². The van der Waals surface area contributed by atoms with Crippen molar-refractivity contribution in [3.8, 4) is 17.0 Å². The molecule has 0 amide bonds. The highest BCUT2D eigenvalue weighted by molar-refractivity contribution is 7.90. The molecular weight excluding hydrogens is 515 g/mol. The maximum Gasteiger partial charge on any atom is 0.337 e. The molecule has 2 aromatic heterocycles. The quantitative estimate of drug-likeness (QED) is 0.347. The van der Waals surface area contributed by atoms with E-state index in [4.69, 9.17) is 33.7 Å². The average molecular weight is 533 g/mol. The van der Waals surface area contributed by atoms with E-state index in [0.717, 1.165) is 12.3 Å². The minimum absolute atomic E-state index is 0.114. The highest BCUT2D eigenvalue weighted by atomic mass is 35.5. The minimum Gasteiger partial charge on any atom is -0.497 e. The highest BCUT2D eigenvalue weighted by Gasteiger charge is 2.23. The summed E-state index contributed by atoms with van der Waals surface area (Å²) < 4.78 is 29.9. The Labute approximate surface area is 210 Å². The molecule has 0 spiro atoms. The van der Waals surface area contributed by atoms with Gasteiger partial charge < -0.3 is 15.6 Å². The number of carboxylic acids is 1. The van der Waals surface area contributed by atoms with Crippen molar-refractivity contribution in [3.63, 3.8) is 0 Å². The van der Waals surface area contributed by atoms with Gasteiger partial charge in [0.2, 0.25) is 0 Å². The molecule has 0 fully saturated rings. The first-order chi connectivity index (χ1) is 16.5. The molecule has 0 aliphatic carbocycles. The predicted octanol–water partition coefficient (Wildman–Crippen LogP) is 4.28. The molecule has 0 saturated heterocycles. The smallest absolute Gasteiger partial charge is 0.337 e. The van der Waals surface area contributed by atoms with Gasteiger partial charge in [-0.2, -0.15) is 5.10 Å². The van der Waals surface area contributed by atoms with Crippen LogP contribution >= 0.6 is 23.2 Å². The van der Waals surface area contributed by atoms with Crippen LogP contribution in [0.15, 0.2) is 47.6 Å². The first-order valence-electron chi connectivity index (χ1n) is 9.99. The van der Waals surface area contributed by atoms with Crippen LogP contribution < -0.4 is 10.5 Å². The first-order valence-corrected chi connectivity index (χ1v) is 12.6. The van der Waals surface area contributed by atoms with E-state index in [0.29, 0.717) is 37.8 Å². The normalized spacial score (nSPS) is 11.5.